The number of thiophene rings is 1. The smallest absolute Gasteiger partial charge is 0.0513 e. The molecular weight excluding hydrogens is 204 g/mol. The van der Waals surface area contributed by atoms with Crippen LogP contribution in [0.1, 0.15) is 33.3 Å². The fourth-order valence-corrected chi connectivity index (χ4v) is 4.27. The highest BCUT2D eigenvalue weighted by Crippen LogP contribution is 2.43. The van der Waals surface area contributed by atoms with Gasteiger partial charge in [-0.25, -0.2) is 0 Å². The second-order valence-corrected chi connectivity index (χ2v) is 6.11. The summed E-state index contributed by atoms with van der Waals surface area (Å²) in [5, 5.41) is 0. The maximum atomic E-state index is 6.25. The van der Waals surface area contributed by atoms with Crippen LogP contribution < -0.4 is 5.73 Å². The van der Waals surface area contributed by atoms with E-state index in [0.29, 0.717) is 12.1 Å². The highest BCUT2D eigenvalue weighted by atomic mass is 32.1. The maximum Gasteiger partial charge on any atom is 0.0513 e. The molecule has 2 nitrogen and oxygen atoms in total. The number of rotatable bonds is 0. The van der Waals surface area contributed by atoms with Crippen LogP contribution in [0.15, 0.2) is 0 Å². The summed E-state index contributed by atoms with van der Waals surface area (Å²) >= 11 is 1.99. The summed E-state index contributed by atoms with van der Waals surface area (Å²) in [6.07, 6.45) is 2.40. The van der Waals surface area contributed by atoms with Gasteiger partial charge in [0.15, 0.2) is 0 Å². The predicted molar refractivity (Wildman–Crippen MR) is 64.4 cm³/mol. The lowest BCUT2D eigenvalue weighted by atomic mass is 9.93. The third-order valence-corrected chi connectivity index (χ3v) is 5.26. The minimum Gasteiger partial charge on any atom is -0.326 e. The van der Waals surface area contributed by atoms with Crippen LogP contribution >= 0.6 is 11.3 Å². The van der Waals surface area contributed by atoms with E-state index < -0.39 is 0 Å². The van der Waals surface area contributed by atoms with Crippen LogP contribution in [0.2, 0.25) is 0 Å². The molecule has 2 aliphatic rings. The summed E-state index contributed by atoms with van der Waals surface area (Å²) in [6.45, 7) is 6.91. The molecule has 0 radical (unpaired) electrons. The van der Waals surface area contributed by atoms with E-state index >= 15 is 0 Å². The van der Waals surface area contributed by atoms with Crippen molar-refractivity contribution in [3.8, 4) is 0 Å². The Hall–Kier alpha value is -0.380. The van der Waals surface area contributed by atoms with E-state index in [1.165, 1.54) is 36.4 Å². The van der Waals surface area contributed by atoms with E-state index in [2.05, 4.69) is 18.7 Å². The summed E-state index contributed by atoms with van der Waals surface area (Å²) in [7, 11) is 0. The third-order valence-electron chi connectivity index (χ3n) is 3.98. The van der Waals surface area contributed by atoms with E-state index in [9.17, 15) is 0 Å². The molecule has 3 heteroatoms. The number of aryl methyl sites for hydroxylation is 1. The Kier molecular flexibility index (Phi) is 2.16. The fraction of sp³-hybridized carbons (Fsp3) is 0.667. The van der Waals surface area contributed by atoms with Gasteiger partial charge < -0.3 is 5.73 Å². The molecule has 2 aliphatic heterocycles. The minimum absolute atomic E-state index is 0.358. The average Bonchev–Trinajstić information content (AvgIpc) is 2.71. The molecule has 0 bridgehead atoms. The van der Waals surface area contributed by atoms with Gasteiger partial charge in [0.05, 0.1) is 6.04 Å². The highest BCUT2D eigenvalue weighted by molar-refractivity contribution is 7.12. The van der Waals surface area contributed by atoms with E-state index in [-0.39, 0.29) is 0 Å². The summed E-state index contributed by atoms with van der Waals surface area (Å²) < 4.78 is 0. The molecule has 3 rings (SSSR count). The summed E-state index contributed by atoms with van der Waals surface area (Å²) in [6, 6.07) is 0.885. The van der Waals surface area contributed by atoms with Crippen molar-refractivity contribution in [3.05, 3.63) is 20.9 Å². The summed E-state index contributed by atoms with van der Waals surface area (Å²) in [4.78, 5) is 5.66. The second kappa shape index (κ2) is 3.30. The molecule has 1 aromatic rings. The van der Waals surface area contributed by atoms with Crippen molar-refractivity contribution in [1.82, 2.24) is 4.90 Å². The Labute approximate surface area is 95.1 Å². The van der Waals surface area contributed by atoms with Gasteiger partial charge in [-0.1, -0.05) is 0 Å². The highest BCUT2D eigenvalue weighted by Gasteiger charge is 2.38. The molecule has 2 atom stereocenters. The van der Waals surface area contributed by atoms with E-state index in [1.54, 1.807) is 10.4 Å². The van der Waals surface area contributed by atoms with Crippen LogP contribution in [0.5, 0.6) is 0 Å². The van der Waals surface area contributed by atoms with Crippen LogP contribution in [0, 0.1) is 13.8 Å². The maximum absolute atomic E-state index is 6.25. The van der Waals surface area contributed by atoms with Crippen LogP contribution in [0.25, 0.3) is 0 Å². The lowest BCUT2D eigenvalue weighted by Crippen LogP contribution is -2.36. The van der Waals surface area contributed by atoms with Crippen molar-refractivity contribution in [2.45, 2.75) is 38.8 Å². The molecule has 82 valence electrons. The first-order valence-corrected chi connectivity index (χ1v) is 6.58. The summed E-state index contributed by atoms with van der Waals surface area (Å²) in [5.41, 5.74) is 9.32. The van der Waals surface area contributed by atoms with Gasteiger partial charge >= 0.3 is 0 Å². The number of hydrogen-bond donors (Lipinski definition) is 1. The lowest BCUT2D eigenvalue weighted by Gasteiger charge is -2.32. The predicted octanol–water partition coefficient (Wildman–Crippen LogP) is 2.00. The minimum atomic E-state index is 0.358. The first-order chi connectivity index (χ1) is 7.18. The number of hydrogen-bond acceptors (Lipinski definition) is 3. The SMILES string of the molecule is Cc1sc2c(c1C)C1C(N)CCN1CC2. The van der Waals surface area contributed by atoms with Crippen molar-refractivity contribution in [1.29, 1.82) is 0 Å². The normalized spacial score (nSPS) is 30.3. The second-order valence-electron chi connectivity index (χ2n) is 4.80. The van der Waals surface area contributed by atoms with Gasteiger partial charge in [-0.05, 0) is 37.8 Å². The Morgan fingerprint density at radius 1 is 1.33 bits per heavy atom. The number of nitrogens with zero attached hydrogens (tertiary/aromatic N) is 1. The molecule has 1 aromatic heterocycles. The quantitative estimate of drug-likeness (QED) is 0.727. The van der Waals surface area contributed by atoms with Gasteiger partial charge in [-0.2, -0.15) is 0 Å². The molecule has 0 amide bonds. The van der Waals surface area contributed by atoms with Gasteiger partial charge in [0.25, 0.3) is 0 Å². The molecule has 2 N–H and O–H groups in total. The van der Waals surface area contributed by atoms with Crippen LogP contribution in [0.4, 0.5) is 0 Å². The molecule has 2 unspecified atom stereocenters. The van der Waals surface area contributed by atoms with Crippen molar-refractivity contribution < 1.29 is 0 Å². The average molecular weight is 222 g/mol. The van der Waals surface area contributed by atoms with E-state index in [0.717, 1.165) is 0 Å². The molecule has 0 aliphatic carbocycles. The van der Waals surface area contributed by atoms with Crippen molar-refractivity contribution in [2.24, 2.45) is 5.73 Å². The van der Waals surface area contributed by atoms with E-state index in [1.807, 2.05) is 11.3 Å². The first-order valence-electron chi connectivity index (χ1n) is 5.77. The van der Waals surface area contributed by atoms with Gasteiger partial charge in [-0.15, -0.1) is 11.3 Å². The van der Waals surface area contributed by atoms with Gasteiger partial charge in [0, 0.05) is 28.9 Å². The Morgan fingerprint density at radius 3 is 2.93 bits per heavy atom. The monoisotopic (exact) mass is 222 g/mol. The largest absolute Gasteiger partial charge is 0.326 e. The van der Waals surface area contributed by atoms with Gasteiger partial charge in [0.2, 0.25) is 0 Å². The van der Waals surface area contributed by atoms with E-state index in [4.69, 9.17) is 5.73 Å². The molecule has 15 heavy (non-hydrogen) atoms. The molecule has 3 heterocycles. The zero-order valence-corrected chi connectivity index (χ0v) is 10.2. The standard InChI is InChI=1S/C12H18N2S/c1-7-8(2)15-10-4-6-14-5-3-9(13)12(14)11(7)10/h9,12H,3-6,13H2,1-2H3. The van der Waals surface area contributed by atoms with Crippen LogP contribution in [0.3, 0.4) is 0 Å². The summed E-state index contributed by atoms with van der Waals surface area (Å²) in [5.74, 6) is 0. The van der Waals surface area contributed by atoms with Gasteiger partial charge in [0.1, 0.15) is 0 Å². The molecule has 1 fully saturated rings. The van der Waals surface area contributed by atoms with Crippen LogP contribution in [-0.4, -0.2) is 24.0 Å². The topological polar surface area (TPSA) is 29.3 Å². The lowest BCUT2D eigenvalue weighted by molar-refractivity contribution is 0.235. The van der Waals surface area contributed by atoms with Crippen molar-refractivity contribution in [3.63, 3.8) is 0 Å². The molecule has 0 saturated carbocycles. The number of fused-ring (bicyclic) bond motifs is 3. The van der Waals surface area contributed by atoms with Crippen molar-refractivity contribution in [2.75, 3.05) is 13.1 Å². The molecule has 0 spiro atoms. The first kappa shape index (κ1) is 9.82. The zero-order chi connectivity index (χ0) is 10.6. The fourth-order valence-electron chi connectivity index (χ4n) is 3.06. The molecule has 0 aromatic carbocycles. The molecule has 1 saturated heterocycles. The Balaban J connectivity index is 2.12. The molecular formula is C12H18N2S. The Bertz CT molecular complexity index is 397. The number of nitrogens with two attached hydrogens (primary N) is 1. The third kappa shape index (κ3) is 1.30. The van der Waals surface area contributed by atoms with Crippen LogP contribution in [-0.2, 0) is 6.42 Å². The van der Waals surface area contributed by atoms with Crippen molar-refractivity contribution >= 4 is 11.3 Å². The Morgan fingerprint density at radius 2 is 2.13 bits per heavy atom. The van der Waals surface area contributed by atoms with Gasteiger partial charge in [-0.3, -0.25) is 4.90 Å². The zero-order valence-electron chi connectivity index (χ0n) is 9.42.